The molecule has 26 heavy (non-hydrogen) atoms. The summed E-state index contributed by atoms with van der Waals surface area (Å²) in [6.45, 7) is 1.05. The van der Waals surface area contributed by atoms with Gasteiger partial charge in [-0.3, -0.25) is 0 Å². The summed E-state index contributed by atoms with van der Waals surface area (Å²) in [5, 5.41) is 19.4. The van der Waals surface area contributed by atoms with E-state index in [1.54, 1.807) is 21.6 Å². The van der Waals surface area contributed by atoms with E-state index in [4.69, 9.17) is 18.9 Å². The molecule has 0 radical (unpaired) electrons. The number of nitrogens with zero attached hydrogens (tertiary/aromatic N) is 2. The Labute approximate surface area is 154 Å². The monoisotopic (exact) mass is 412 g/mol. The fraction of sp³-hybridized carbons (Fsp3) is 1.00. The molecule has 0 aromatic heterocycles. The minimum atomic E-state index is -0.828. The van der Waals surface area contributed by atoms with E-state index in [1.165, 1.54) is 0 Å². The molecule has 2 unspecified atom stereocenters. The van der Waals surface area contributed by atoms with Gasteiger partial charge >= 0.3 is 0 Å². The molecule has 4 aliphatic heterocycles. The zero-order valence-corrected chi connectivity index (χ0v) is 14.9. The zero-order valence-electron chi connectivity index (χ0n) is 13.2. The molecule has 0 saturated carbocycles. The topological polar surface area (TPSA) is 142 Å². The van der Waals surface area contributed by atoms with Gasteiger partial charge in [0.15, 0.2) is 12.2 Å². The molecule has 0 amide bonds. The van der Waals surface area contributed by atoms with Gasteiger partial charge in [0, 0.05) is 0 Å². The Kier molecular flexibility index (Phi) is 5.29. The third-order valence-corrected chi connectivity index (χ3v) is 7.90. The Morgan fingerprint density at radius 2 is 1.08 bits per heavy atom. The quantitative estimate of drug-likeness (QED) is 0.312. The smallest absolute Gasteiger partial charge is 0.294 e. The van der Waals surface area contributed by atoms with Crippen LogP contribution in [0.15, 0.2) is 0 Å². The van der Waals surface area contributed by atoms with Crippen molar-refractivity contribution in [2.45, 2.75) is 47.1 Å². The Hall–Kier alpha value is -1.06. The first-order valence-electron chi connectivity index (χ1n) is 7.94. The van der Waals surface area contributed by atoms with Gasteiger partial charge in [0.1, 0.15) is 24.4 Å². The largest absolute Gasteiger partial charge is 0.372 e. The molecule has 8 atom stereocenters. The minimum absolute atomic E-state index is 0.00312. The molecule has 4 aliphatic rings. The first-order chi connectivity index (χ1) is 12.5. The van der Waals surface area contributed by atoms with Crippen LogP contribution >= 0.6 is 21.6 Å². The highest BCUT2D eigenvalue weighted by molar-refractivity contribution is 8.77. The summed E-state index contributed by atoms with van der Waals surface area (Å²) in [5.41, 5.74) is 0. The van der Waals surface area contributed by atoms with Crippen molar-refractivity contribution in [3.05, 3.63) is 20.2 Å². The van der Waals surface area contributed by atoms with Crippen LogP contribution in [0.4, 0.5) is 0 Å². The lowest BCUT2D eigenvalue weighted by Crippen LogP contribution is -2.34. The lowest BCUT2D eigenvalue weighted by atomic mass is 10.1. The number of hydrogen-bond donors (Lipinski definition) is 0. The van der Waals surface area contributed by atoms with E-state index >= 15 is 0 Å². The van der Waals surface area contributed by atoms with Gasteiger partial charge in [-0.2, -0.15) is 0 Å². The molecule has 0 aromatic rings. The molecular formula is C12H16N2O10S2. The zero-order chi connectivity index (χ0) is 18.3. The molecule has 0 aliphatic carbocycles. The number of ether oxygens (including phenoxy) is 4. The summed E-state index contributed by atoms with van der Waals surface area (Å²) in [4.78, 5) is 30.2. The van der Waals surface area contributed by atoms with Crippen molar-refractivity contribution in [2.24, 2.45) is 0 Å². The molecule has 14 heteroatoms. The van der Waals surface area contributed by atoms with Crippen LogP contribution in [0.1, 0.15) is 0 Å². The van der Waals surface area contributed by atoms with Crippen LogP contribution in [0.25, 0.3) is 0 Å². The van der Waals surface area contributed by atoms with Gasteiger partial charge in [-0.1, -0.05) is 21.6 Å². The van der Waals surface area contributed by atoms with Gasteiger partial charge in [-0.05, 0) is 0 Å². The maximum Gasteiger partial charge on any atom is 0.294 e. The fourth-order valence-corrected chi connectivity index (χ4v) is 6.65. The van der Waals surface area contributed by atoms with Crippen LogP contribution in [0, 0.1) is 20.2 Å². The molecular weight excluding hydrogens is 396 g/mol. The van der Waals surface area contributed by atoms with Crippen molar-refractivity contribution in [3.63, 3.8) is 0 Å². The lowest BCUT2D eigenvalue weighted by Gasteiger charge is -2.19. The third kappa shape index (κ3) is 3.53. The van der Waals surface area contributed by atoms with Gasteiger partial charge in [-0.25, -0.2) is 0 Å². The van der Waals surface area contributed by atoms with Crippen molar-refractivity contribution in [1.82, 2.24) is 0 Å². The van der Waals surface area contributed by atoms with Crippen LogP contribution in [-0.4, -0.2) is 83.7 Å². The number of fused-ring (bicyclic) bond motifs is 2. The minimum Gasteiger partial charge on any atom is -0.372 e. The van der Waals surface area contributed by atoms with Crippen LogP contribution < -0.4 is 0 Å². The molecule has 4 rings (SSSR count). The van der Waals surface area contributed by atoms with Crippen molar-refractivity contribution >= 4 is 21.6 Å². The van der Waals surface area contributed by atoms with Crippen LogP contribution in [0.3, 0.4) is 0 Å². The average molecular weight is 412 g/mol. The Morgan fingerprint density at radius 3 is 1.46 bits per heavy atom. The summed E-state index contributed by atoms with van der Waals surface area (Å²) in [6, 6.07) is 0. The molecule has 4 heterocycles. The predicted molar refractivity (Wildman–Crippen MR) is 85.5 cm³/mol. The van der Waals surface area contributed by atoms with Gasteiger partial charge in [0.05, 0.1) is 36.9 Å². The van der Waals surface area contributed by atoms with E-state index in [2.05, 4.69) is 9.68 Å². The van der Waals surface area contributed by atoms with Crippen molar-refractivity contribution < 1.29 is 38.8 Å². The van der Waals surface area contributed by atoms with Crippen LogP contribution in [-0.2, 0) is 28.6 Å². The molecule has 0 bridgehead atoms. The molecule has 0 aromatic carbocycles. The van der Waals surface area contributed by atoms with E-state index in [-0.39, 0.29) is 35.9 Å². The van der Waals surface area contributed by atoms with Crippen LogP contribution in [0.5, 0.6) is 0 Å². The van der Waals surface area contributed by atoms with E-state index < -0.39 is 34.6 Å². The van der Waals surface area contributed by atoms with E-state index in [1.807, 2.05) is 0 Å². The predicted octanol–water partition coefficient (Wildman–Crippen LogP) is -0.146. The highest BCUT2D eigenvalue weighted by atomic mass is 33.1. The van der Waals surface area contributed by atoms with Crippen molar-refractivity contribution in [2.75, 3.05) is 26.4 Å². The maximum atomic E-state index is 10.5. The standard InChI is InChI=1S/C12H16N2O10S2/c15-13(16)23-5-1-19-11-7(3-21-9(5)11)25-26-8-4-22-10-6(24-14(17)18)2-20-12(8)10/h5-12H,1-4H2/t5?,6?,7-,8-,9+,10+,11+,12+/m0/s1. The molecule has 12 nitrogen and oxygen atoms in total. The molecule has 0 N–H and O–H groups in total. The number of hydrogen-bond acceptors (Lipinski definition) is 12. The molecule has 4 saturated heterocycles. The normalized spacial score (nSPS) is 43.8. The third-order valence-electron chi connectivity index (χ3n) is 4.67. The first-order valence-corrected chi connectivity index (χ1v) is 10.2. The van der Waals surface area contributed by atoms with E-state index in [9.17, 15) is 20.2 Å². The number of rotatable bonds is 7. The first kappa shape index (κ1) is 18.3. The Bertz CT molecular complexity index is 522. The molecule has 0 spiro atoms. The maximum absolute atomic E-state index is 10.5. The lowest BCUT2D eigenvalue weighted by molar-refractivity contribution is -0.769. The van der Waals surface area contributed by atoms with E-state index in [0.717, 1.165) is 0 Å². The van der Waals surface area contributed by atoms with Gasteiger partial charge < -0.3 is 28.6 Å². The highest BCUT2D eigenvalue weighted by Crippen LogP contribution is 2.45. The van der Waals surface area contributed by atoms with Crippen molar-refractivity contribution in [3.8, 4) is 0 Å². The summed E-state index contributed by atoms with van der Waals surface area (Å²) >= 11 is 0. The second-order valence-corrected chi connectivity index (χ2v) is 8.95. The van der Waals surface area contributed by atoms with Crippen molar-refractivity contribution in [1.29, 1.82) is 0 Å². The van der Waals surface area contributed by atoms with Crippen LogP contribution in [0.2, 0.25) is 0 Å². The average Bonchev–Trinajstić information content (AvgIpc) is 3.30. The second-order valence-electron chi connectivity index (χ2n) is 6.20. The summed E-state index contributed by atoms with van der Waals surface area (Å²) < 4.78 is 22.5. The molecule has 146 valence electrons. The van der Waals surface area contributed by atoms with Gasteiger partial charge in [0.2, 0.25) is 0 Å². The summed E-state index contributed by atoms with van der Waals surface area (Å²) in [5.74, 6) is 0. The highest BCUT2D eigenvalue weighted by Gasteiger charge is 2.52. The van der Waals surface area contributed by atoms with Gasteiger partial charge in [0.25, 0.3) is 10.2 Å². The molecule has 4 fully saturated rings. The Morgan fingerprint density at radius 1 is 0.692 bits per heavy atom. The summed E-state index contributed by atoms with van der Waals surface area (Å²) in [6.07, 6.45) is -2.86. The Balaban J connectivity index is 1.27. The summed E-state index contributed by atoms with van der Waals surface area (Å²) in [7, 11) is 3.10. The van der Waals surface area contributed by atoms with E-state index in [0.29, 0.717) is 13.2 Å². The fourth-order valence-electron chi connectivity index (χ4n) is 3.57. The van der Waals surface area contributed by atoms with Gasteiger partial charge in [-0.15, -0.1) is 20.2 Å². The second kappa shape index (κ2) is 7.52. The SMILES string of the molecule is O=[N+]([O-])OC1CO[C@@H]2[C@@H](SS[C@H]3CO[C@@H]4C(O[N+](=O)[O-])CO[C@H]34)CO[C@H]12.